The van der Waals surface area contributed by atoms with E-state index < -0.39 is 11.7 Å². The van der Waals surface area contributed by atoms with Gasteiger partial charge in [0.2, 0.25) is 0 Å². The van der Waals surface area contributed by atoms with Crippen LogP contribution in [0.2, 0.25) is 10.0 Å². The quantitative estimate of drug-likeness (QED) is 0.157. The van der Waals surface area contributed by atoms with E-state index in [2.05, 4.69) is 15.9 Å². The number of rotatable bonds is 10. The number of halogens is 2. The molecule has 2 aliphatic rings. The smallest absolute Gasteiger partial charge is 0.420 e. The predicted molar refractivity (Wildman–Crippen MR) is 212 cm³/mol. The Morgan fingerprint density at radius 2 is 1.62 bits per heavy atom. The second-order valence-electron chi connectivity index (χ2n) is 14.5. The Bertz CT molecular complexity index is 1990. The van der Waals surface area contributed by atoms with E-state index in [-0.39, 0.29) is 21.2 Å². The molecule has 1 amide bonds. The number of aromatic nitrogens is 2. The van der Waals surface area contributed by atoms with Gasteiger partial charge in [-0.3, -0.25) is 9.69 Å². The van der Waals surface area contributed by atoms with E-state index in [1.807, 2.05) is 39.8 Å². The number of hydrogen-bond acceptors (Lipinski definition) is 9. The molecule has 2 aromatic carbocycles. The lowest BCUT2D eigenvalue weighted by molar-refractivity contribution is 0.0369. The maximum atomic E-state index is 14.8. The van der Waals surface area contributed by atoms with Crippen molar-refractivity contribution in [2.45, 2.75) is 65.5 Å². The Balaban J connectivity index is 1.55. The number of piperidine rings is 1. The van der Waals surface area contributed by atoms with Gasteiger partial charge in [0.05, 0.1) is 59.9 Å². The fourth-order valence-electron chi connectivity index (χ4n) is 7.12. The Morgan fingerprint density at radius 3 is 2.26 bits per heavy atom. The highest BCUT2D eigenvalue weighted by Crippen LogP contribution is 2.46. The zero-order valence-corrected chi connectivity index (χ0v) is 33.0. The minimum atomic E-state index is -0.771. The van der Waals surface area contributed by atoms with Gasteiger partial charge >= 0.3 is 6.09 Å². The highest BCUT2D eigenvalue weighted by atomic mass is 35.5. The summed E-state index contributed by atoms with van der Waals surface area (Å²) in [6, 6.07) is 11.2. The first-order chi connectivity index (χ1) is 25.4. The number of ether oxygens (including phenoxy) is 4. The normalized spacial score (nSPS) is 15.4. The van der Waals surface area contributed by atoms with Crippen molar-refractivity contribution in [1.29, 1.82) is 0 Å². The Kier molecular flexibility index (Phi) is 12.1. The molecule has 13 heteroatoms. The van der Waals surface area contributed by atoms with Crippen LogP contribution in [0.15, 0.2) is 47.4 Å². The molecule has 53 heavy (non-hydrogen) atoms. The standard InChI is InChI=1S/C40H49Cl2N5O6/c1-26-12-10-13-29(45-15-8-7-9-16-45)37(26)47(39(49)53-40(2,3)4)33-23-30-27(25-43-33)22-28(34-35(41)31(50-5)24-32(51-6)36(34)42)38(48)46(30)17-11-14-44-18-20-52-21-19-44/h10,12-13,22-25H,7-9,11,14-21H2,1-6H3. The van der Waals surface area contributed by atoms with Crippen molar-refractivity contribution in [3.05, 3.63) is 68.6 Å². The van der Waals surface area contributed by atoms with Crippen LogP contribution in [0.3, 0.4) is 0 Å². The number of carbonyl (C=O) groups is 1. The van der Waals surface area contributed by atoms with Crippen LogP contribution in [0.25, 0.3) is 22.0 Å². The number of para-hydroxylation sites is 1. The van der Waals surface area contributed by atoms with Crippen molar-refractivity contribution in [2.75, 3.05) is 70.0 Å². The van der Waals surface area contributed by atoms with Gasteiger partial charge in [-0.1, -0.05) is 35.3 Å². The number of pyridine rings is 2. The monoisotopic (exact) mass is 765 g/mol. The molecule has 0 N–H and O–H groups in total. The van der Waals surface area contributed by atoms with Crippen LogP contribution in [0.5, 0.6) is 11.5 Å². The van der Waals surface area contributed by atoms with Crippen LogP contribution in [0.1, 0.15) is 52.0 Å². The van der Waals surface area contributed by atoms with Crippen molar-refractivity contribution in [3.8, 4) is 22.6 Å². The molecule has 0 atom stereocenters. The fraction of sp³-hybridized carbons (Fsp3) is 0.475. The van der Waals surface area contributed by atoms with E-state index in [0.29, 0.717) is 65.6 Å². The van der Waals surface area contributed by atoms with Gasteiger partial charge in [-0.25, -0.2) is 14.7 Å². The van der Waals surface area contributed by atoms with Crippen molar-refractivity contribution >= 4 is 57.4 Å². The van der Waals surface area contributed by atoms with Crippen LogP contribution in [-0.4, -0.2) is 86.3 Å². The van der Waals surface area contributed by atoms with E-state index >= 15 is 0 Å². The lowest BCUT2D eigenvalue weighted by Crippen LogP contribution is -2.37. The average molecular weight is 767 g/mol. The molecule has 0 spiro atoms. The molecule has 2 saturated heterocycles. The number of hydrogen-bond donors (Lipinski definition) is 0. The summed E-state index contributed by atoms with van der Waals surface area (Å²) in [4.78, 5) is 40.2. The van der Waals surface area contributed by atoms with Gasteiger partial charge < -0.3 is 28.4 Å². The average Bonchev–Trinajstić information content (AvgIpc) is 3.14. The largest absolute Gasteiger partial charge is 0.495 e. The van der Waals surface area contributed by atoms with Gasteiger partial charge in [0.15, 0.2) is 0 Å². The van der Waals surface area contributed by atoms with E-state index in [0.717, 1.165) is 56.8 Å². The summed E-state index contributed by atoms with van der Waals surface area (Å²) in [7, 11) is 2.99. The molecule has 0 aliphatic carbocycles. The molecule has 2 aliphatic heterocycles. The first-order valence-electron chi connectivity index (χ1n) is 18.2. The van der Waals surface area contributed by atoms with E-state index in [1.54, 1.807) is 33.9 Å². The van der Waals surface area contributed by atoms with Crippen LogP contribution >= 0.6 is 23.2 Å². The summed E-state index contributed by atoms with van der Waals surface area (Å²) in [5.74, 6) is 0.989. The zero-order chi connectivity index (χ0) is 37.9. The SMILES string of the molecule is COc1cc(OC)c(Cl)c(-c2cc3cnc(N(C(=O)OC(C)(C)C)c4c(C)cccc4N4CCCCC4)cc3n(CCCN3CCOCC3)c2=O)c1Cl. The van der Waals surface area contributed by atoms with Crippen molar-refractivity contribution in [3.63, 3.8) is 0 Å². The lowest BCUT2D eigenvalue weighted by Gasteiger charge is -2.35. The van der Waals surface area contributed by atoms with Crippen molar-refractivity contribution < 1.29 is 23.7 Å². The third-order valence-electron chi connectivity index (χ3n) is 9.71. The molecule has 284 valence electrons. The highest BCUT2D eigenvalue weighted by molar-refractivity contribution is 6.41. The summed E-state index contributed by atoms with van der Waals surface area (Å²) in [6.07, 6.45) is 5.12. The number of aryl methyl sites for hydroxylation is 2. The molecule has 4 heterocycles. The van der Waals surface area contributed by atoms with Crippen LogP contribution in [0.4, 0.5) is 22.0 Å². The minimum absolute atomic E-state index is 0.195. The summed E-state index contributed by atoms with van der Waals surface area (Å²) < 4.78 is 24.4. The molecule has 0 bridgehead atoms. The Hall–Kier alpha value is -4.03. The van der Waals surface area contributed by atoms with E-state index in [4.69, 9.17) is 47.1 Å². The third-order valence-corrected chi connectivity index (χ3v) is 10.5. The second kappa shape index (κ2) is 16.5. The van der Waals surface area contributed by atoms with E-state index in [1.165, 1.54) is 20.6 Å². The van der Waals surface area contributed by atoms with E-state index in [9.17, 15) is 9.59 Å². The van der Waals surface area contributed by atoms with Gasteiger partial charge in [-0.15, -0.1) is 0 Å². The minimum Gasteiger partial charge on any atom is -0.495 e. The molecule has 2 aromatic heterocycles. The van der Waals surface area contributed by atoms with Crippen LogP contribution < -0.4 is 24.8 Å². The number of benzene rings is 2. The number of carbonyl (C=O) groups excluding carboxylic acids is 1. The van der Waals surface area contributed by atoms with Crippen molar-refractivity contribution in [1.82, 2.24) is 14.5 Å². The number of anilines is 3. The number of morpholine rings is 1. The molecule has 4 aromatic rings. The van der Waals surface area contributed by atoms with Gasteiger partial charge in [-0.05, 0) is 71.1 Å². The summed E-state index contributed by atoms with van der Waals surface area (Å²) in [5, 5.41) is 1.05. The van der Waals surface area contributed by atoms with Crippen LogP contribution in [0, 0.1) is 6.92 Å². The van der Waals surface area contributed by atoms with Crippen LogP contribution in [-0.2, 0) is 16.0 Å². The van der Waals surface area contributed by atoms with Gasteiger partial charge in [0.1, 0.15) is 22.9 Å². The molecule has 0 unspecified atom stereocenters. The topological polar surface area (TPSA) is 98.6 Å². The molecular formula is C40H49Cl2N5O6. The Morgan fingerprint density at radius 1 is 0.943 bits per heavy atom. The zero-order valence-electron chi connectivity index (χ0n) is 31.5. The first kappa shape index (κ1) is 38.7. The maximum Gasteiger partial charge on any atom is 0.420 e. The van der Waals surface area contributed by atoms with Gasteiger partial charge in [0.25, 0.3) is 5.56 Å². The number of methoxy groups -OCH3 is 2. The number of fused-ring (bicyclic) bond motifs is 1. The molecule has 0 radical (unpaired) electrons. The third kappa shape index (κ3) is 8.38. The lowest BCUT2D eigenvalue weighted by atomic mass is 10.0. The molecule has 0 saturated carbocycles. The van der Waals surface area contributed by atoms with Crippen molar-refractivity contribution in [2.24, 2.45) is 0 Å². The number of amides is 1. The summed E-state index contributed by atoms with van der Waals surface area (Å²) in [5.41, 5.74) is 2.66. The summed E-state index contributed by atoms with van der Waals surface area (Å²) >= 11 is 13.7. The molecular weight excluding hydrogens is 717 g/mol. The first-order valence-corrected chi connectivity index (χ1v) is 19.0. The second-order valence-corrected chi connectivity index (χ2v) is 15.3. The predicted octanol–water partition coefficient (Wildman–Crippen LogP) is 8.48. The molecule has 6 rings (SSSR count). The van der Waals surface area contributed by atoms with Gasteiger partial charge in [0, 0.05) is 68.5 Å². The Labute approximate surface area is 321 Å². The molecule has 2 fully saturated rings. The fourth-order valence-corrected chi connectivity index (χ4v) is 7.82. The summed E-state index contributed by atoms with van der Waals surface area (Å²) in [6.45, 7) is 13.5. The number of nitrogens with zero attached hydrogens (tertiary/aromatic N) is 5. The van der Waals surface area contributed by atoms with Gasteiger partial charge in [-0.2, -0.15) is 0 Å². The maximum absolute atomic E-state index is 14.8. The molecule has 11 nitrogen and oxygen atoms in total. The highest BCUT2D eigenvalue weighted by Gasteiger charge is 2.31.